The molecule has 0 spiro atoms. The molecule has 6 heteroatoms. The van der Waals surface area contributed by atoms with Crippen LogP contribution in [-0.2, 0) is 0 Å². The largest absolute Gasteiger partial charge is 0.476 e. The van der Waals surface area contributed by atoms with Gasteiger partial charge in [0.2, 0.25) is 0 Å². The van der Waals surface area contributed by atoms with Crippen molar-refractivity contribution in [3.63, 3.8) is 0 Å². The van der Waals surface area contributed by atoms with Gasteiger partial charge in [0.1, 0.15) is 0 Å². The number of nitrogens with zero attached hydrogens (tertiary/aromatic N) is 4. The maximum atomic E-state index is 10.7. The lowest BCUT2D eigenvalue weighted by molar-refractivity contribution is 0.0690. The summed E-state index contributed by atoms with van der Waals surface area (Å²) in [6.45, 7) is 5.25. The fourth-order valence-corrected chi connectivity index (χ4v) is 2.10. The summed E-state index contributed by atoms with van der Waals surface area (Å²) in [5.41, 5.74) is 0.0222. The van der Waals surface area contributed by atoms with Gasteiger partial charge in [-0.1, -0.05) is 12.1 Å². The normalized spacial score (nSPS) is 21.4. The number of aromatic carboxylic acids is 1. The van der Waals surface area contributed by atoms with Gasteiger partial charge < -0.3 is 10.0 Å². The van der Waals surface area contributed by atoms with Gasteiger partial charge in [0.05, 0.1) is 12.2 Å². The molecule has 1 fully saturated rings. The van der Waals surface area contributed by atoms with E-state index in [1.54, 1.807) is 4.68 Å². The Labute approximate surface area is 93.9 Å². The Kier molecular flexibility index (Phi) is 3.19. The Morgan fingerprint density at radius 2 is 2.50 bits per heavy atom. The summed E-state index contributed by atoms with van der Waals surface area (Å²) < 4.78 is 1.68. The van der Waals surface area contributed by atoms with Crippen molar-refractivity contribution in [2.75, 3.05) is 19.6 Å². The molecule has 1 aliphatic heterocycles. The predicted molar refractivity (Wildman–Crippen MR) is 57.4 cm³/mol. The van der Waals surface area contributed by atoms with Crippen molar-refractivity contribution in [2.24, 2.45) is 0 Å². The second-order valence-corrected chi connectivity index (χ2v) is 4.13. The molecule has 0 aliphatic carbocycles. The van der Waals surface area contributed by atoms with Crippen molar-refractivity contribution >= 4 is 5.97 Å². The van der Waals surface area contributed by atoms with Crippen LogP contribution in [0.15, 0.2) is 6.20 Å². The minimum atomic E-state index is -1.02. The van der Waals surface area contributed by atoms with Gasteiger partial charge in [-0.05, 0) is 19.4 Å². The third-order valence-corrected chi connectivity index (χ3v) is 2.89. The number of rotatable bonds is 4. The van der Waals surface area contributed by atoms with Gasteiger partial charge in [-0.2, -0.15) is 0 Å². The van der Waals surface area contributed by atoms with Crippen molar-refractivity contribution in [3.8, 4) is 0 Å². The van der Waals surface area contributed by atoms with Crippen molar-refractivity contribution in [1.29, 1.82) is 0 Å². The summed E-state index contributed by atoms with van der Waals surface area (Å²) in [6.07, 6.45) is 3.68. The molecule has 6 nitrogen and oxygen atoms in total. The molecule has 1 aromatic heterocycles. The average Bonchev–Trinajstić information content (AvgIpc) is 2.84. The molecule has 1 aromatic rings. The first-order valence-corrected chi connectivity index (χ1v) is 5.58. The van der Waals surface area contributed by atoms with Crippen LogP contribution in [0.5, 0.6) is 0 Å². The zero-order valence-electron chi connectivity index (χ0n) is 9.33. The molecule has 16 heavy (non-hydrogen) atoms. The average molecular weight is 224 g/mol. The highest BCUT2D eigenvalue weighted by molar-refractivity contribution is 5.84. The summed E-state index contributed by atoms with van der Waals surface area (Å²) in [4.78, 5) is 13.0. The highest BCUT2D eigenvalue weighted by atomic mass is 16.4. The molecule has 2 rings (SSSR count). The van der Waals surface area contributed by atoms with Crippen LogP contribution in [0.3, 0.4) is 0 Å². The molecule has 0 bridgehead atoms. The first kappa shape index (κ1) is 11.1. The Balaban J connectivity index is 2.00. The fraction of sp³-hybridized carbons (Fsp3) is 0.700. The van der Waals surface area contributed by atoms with Gasteiger partial charge >= 0.3 is 5.97 Å². The van der Waals surface area contributed by atoms with Crippen LogP contribution in [0.4, 0.5) is 0 Å². The summed E-state index contributed by atoms with van der Waals surface area (Å²) in [5, 5.41) is 16.3. The molecule has 88 valence electrons. The predicted octanol–water partition coefficient (Wildman–Crippen LogP) is 0.633. The molecule has 0 amide bonds. The molecular weight excluding hydrogens is 208 g/mol. The summed E-state index contributed by atoms with van der Waals surface area (Å²) in [7, 11) is 0. The molecule has 0 radical (unpaired) electrons. The van der Waals surface area contributed by atoms with Gasteiger partial charge in [-0.25, -0.2) is 9.48 Å². The standard InChI is InChI=1S/C10H16N4O2/c1-2-4-13-5-3-8(6-13)14-7-9(10(15)16)11-12-14/h7-8H,2-6H2,1H3,(H,15,16). The van der Waals surface area contributed by atoms with E-state index < -0.39 is 5.97 Å². The number of carbonyl (C=O) groups is 1. The van der Waals surface area contributed by atoms with Crippen molar-refractivity contribution < 1.29 is 9.90 Å². The van der Waals surface area contributed by atoms with E-state index >= 15 is 0 Å². The lowest BCUT2D eigenvalue weighted by Gasteiger charge is -2.14. The SMILES string of the molecule is CCCN1CCC(n2cc(C(=O)O)nn2)C1. The number of hydrogen-bond acceptors (Lipinski definition) is 4. The number of likely N-dealkylation sites (tertiary alicyclic amines) is 1. The lowest BCUT2D eigenvalue weighted by atomic mass is 10.3. The topological polar surface area (TPSA) is 71.2 Å². The van der Waals surface area contributed by atoms with Gasteiger partial charge in [-0.15, -0.1) is 5.10 Å². The minimum Gasteiger partial charge on any atom is -0.476 e. The Morgan fingerprint density at radius 3 is 3.12 bits per heavy atom. The fourth-order valence-electron chi connectivity index (χ4n) is 2.10. The quantitative estimate of drug-likeness (QED) is 0.812. The second kappa shape index (κ2) is 4.61. The summed E-state index contributed by atoms with van der Waals surface area (Å²) in [5.74, 6) is -1.02. The monoisotopic (exact) mass is 224 g/mol. The molecule has 0 aromatic carbocycles. The Morgan fingerprint density at radius 1 is 1.69 bits per heavy atom. The van der Waals surface area contributed by atoms with Crippen LogP contribution in [0, 0.1) is 0 Å². The number of hydrogen-bond donors (Lipinski definition) is 1. The van der Waals surface area contributed by atoms with Crippen molar-refractivity contribution in [1.82, 2.24) is 19.9 Å². The van der Waals surface area contributed by atoms with Gasteiger partial charge in [0, 0.05) is 13.1 Å². The number of carboxylic acid groups (broad SMARTS) is 1. The molecule has 1 unspecified atom stereocenters. The zero-order chi connectivity index (χ0) is 11.5. The summed E-state index contributed by atoms with van der Waals surface area (Å²) >= 11 is 0. The third kappa shape index (κ3) is 2.21. The Bertz CT molecular complexity index is 377. The van der Waals surface area contributed by atoms with E-state index in [-0.39, 0.29) is 11.7 Å². The maximum Gasteiger partial charge on any atom is 0.358 e. The lowest BCUT2D eigenvalue weighted by Crippen LogP contribution is -2.22. The smallest absolute Gasteiger partial charge is 0.358 e. The molecule has 1 saturated heterocycles. The van der Waals surface area contributed by atoms with Crippen molar-refractivity contribution in [2.45, 2.75) is 25.8 Å². The molecule has 1 N–H and O–H groups in total. The first-order valence-electron chi connectivity index (χ1n) is 5.58. The van der Waals surface area contributed by atoms with Crippen LogP contribution in [-0.4, -0.2) is 50.6 Å². The van der Waals surface area contributed by atoms with Gasteiger partial charge in [0.15, 0.2) is 5.69 Å². The van der Waals surface area contributed by atoms with E-state index in [1.807, 2.05) is 0 Å². The number of aromatic nitrogens is 3. The molecule has 1 atom stereocenters. The minimum absolute atomic E-state index is 0.0222. The summed E-state index contributed by atoms with van der Waals surface area (Å²) in [6, 6.07) is 0.271. The van der Waals surface area contributed by atoms with E-state index in [0.717, 1.165) is 32.5 Å². The number of carboxylic acids is 1. The molecule has 2 heterocycles. The van der Waals surface area contributed by atoms with E-state index in [0.29, 0.717) is 0 Å². The van der Waals surface area contributed by atoms with Crippen LogP contribution < -0.4 is 0 Å². The van der Waals surface area contributed by atoms with Crippen LogP contribution in [0.25, 0.3) is 0 Å². The zero-order valence-corrected chi connectivity index (χ0v) is 9.33. The van der Waals surface area contributed by atoms with E-state index in [2.05, 4.69) is 22.1 Å². The highest BCUT2D eigenvalue weighted by Gasteiger charge is 2.24. The third-order valence-electron chi connectivity index (χ3n) is 2.89. The van der Waals surface area contributed by atoms with E-state index in [1.165, 1.54) is 6.20 Å². The first-order chi connectivity index (χ1) is 7.70. The van der Waals surface area contributed by atoms with Crippen LogP contribution in [0.1, 0.15) is 36.3 Å². The Hall–Kier alpha value is -1.43. The second-order valence-electron chi connectivity index (χ2n) is 4.13. The highest BCUT2D eigenvalue weighted by Crippen LogP contribution is 2.20. The molecule has 0 saturated carbocycles. The van der Waals surface area contributed by atoms with Gasteiger partial charge in [0.25, 0.3) is 0 Å². The van der Waals surface area contributed by atoms with Crippen molar-refractivity contribution in [3.05, 3.63) is 11.9 Å². The molecular formula is C10H16N4O2. The van der Waals surface area contributed by atoms with E-state index in [9.17, 15) is 4.79 Å². The van der Waals surface area contributed by atoms with Gasteiger partial charge in [-0.3, -0.25) is 0 Å². The van der Waals surface area contributed by atoms with Crippen LogP contribution in [0.2, 0.25) is 0 Å². The molecule has 1 aliphatic rings. The van der Waals surface area contributed by atoms with E-state index in [4.69, 9.17) is 5.11 Å². The van der Waals surface area contributed by atoms with Crippen LogP contribution >= 0.6 is 0 Å². The maximum absolute atomic E-state index is 10.7.